The predicted molar refractivity (Wildman–Crippen MR) is 82.7 cm³/mol. The van der Waals surface area contributed by atoms with Gasteiger partial charge in [0.15, 0.2) is 0 Å². The van der Waals surface area contributed by atoms with E-state index in [1.54, 1.807) is 24.3 Å². The molecule has 0 aliphatic carbocycles. The maximum Gasteiger partial charge on any atom is 0.494 e. The van der Waals surface area contributed by atoms with Gasteiger partial charge < -0.3 is 13.8 Å². The van der Waals surface area contributed by atoms with Gasteiger partial charge in [0.1, 0.15) is 5.69 Å². The Hall–Kier alpha value is -1.80. The lowest BCUT2D eigenvalue weighted by molar-refractivity contribution is -0.155. The maximum atomic E-state index is 12.6. The molecule has 1 fully saturated rings. The Bertz CT molecular complexity index is 739. The van der Waals surface area contributed by atoms with Crippen LogP contribution in [0.25, 0.3) is 11.3 Å². The summed E-state index contributed by atoms with van der Waals surface area (Å²) in [4.78, 5) is 0. The van der Waals surface area contributed by atoms with E-state index < -0.39 is 30.3 Å². The van der Waals surface area contributed by atoms with E-state index in [9.17, 15) is 13.2 Å². The van der Waals surface area contributed by atoms with Crippen molar-refractivity contribution in [2.45, 2.75) is 45.1 Å². The monoisotopic (exact) mass is 339 g/mol. The fraction of sp³-hybridized carbons (Fsp3) is 0.438. The highest BCUT2D eigenvalue weighted by Crippen LogP contribution is 2.37. The smallest absolute Gasteiger partial charge is 0.399 e. The van der Waals surface area contributed by atoms with Crippen LogP contribution >= 0.6 is 0 Å². The van der Waals surface area contributed by atoms with E-state index in [1.165, 1.54) is 0 Å². The normalized spacial score (nSPS) is 19.7. The van der Waals surface area contributed by atoms with Gasteiger partial charge in [-0.05, 0) is 33.2 Å². The van der Waals surface area contributed by atoms with Crippen molar-refractivity contribution in [1.82, 2.24) is 5.16 Å². The van der Waals surface area contributed by atoms with Crippen LogP contribution in [0.15, 0.2) is 34.9 Å². The summed E-state index contributed by atoms with van der Waals surface area (Å²) in [5, 5.41) is 3.50. The Labute approximate surface area is 138 Å². The molecular weight excluding hydrogens is 322 g/mol. The molecule has 0 saturated carbocycles. The molecule has 4 nitrogen and oxygen atoms in total. The summed E-state index contributed by atoms with van der Waals surface area (Å²) >= 11 is 0. The van der Waals surface area contributed by atoms with Gasteiger partial charge in [-0.25, -0.2) is 0 Å². The molecule has 0 atom stereocenters. The quantitative estimate of drug-likeness (QED) is 0.784. The second kappa shape index (κ2) is 5.36. The molecular formula is C16H17BF3NO3. The number of alkyl halides is 3. The average molecular weight is 339 g/mol. The highest BCUT2D eigenvalue weighted by atomic mass is 19.4. The van der Waals surface area contributed by atoms with Gasteiger partial charge in [0.25, 0.3) is 0 Å². The van der Waals surface area contributed by atoms with Crippen LogP contribution in [0, 0.1) is 0 Å². The summed E-state index contributed by atoms with van der Waals surface area (Å²) in [5.41, 5.74) is 0.334. The summed E-state index contributed by atoms with van der Waals surface area (Å²) in [6.07, 6.45) is -4.56. The predicted octanol–water partition coefficient (Wildman–Crippen LogP) is 3.66. The first-order chi connectivity index (χ1) is 11.0. The molecule has 0 radical (unpaired) electrons. The summed E-state index contributed by atoms with van der Waals surface area (Å²) in [5.74, 6) is -1.13. The van der Waals surface area contributed by atoms with E-state index in [0.717, 1.165) is 6.07 Å². The summed E-state index contributed by atoms with van der Waals surface area (Å²) in [7, 11) is -0.594. The SMILES string of the molecule is CC1(C)OB(c2cccc(-c3cc(C(F)(F)F)on3)c2)OC1(C)C. The van der Waals surface area contributed by atoms with Crippen molar-refractivity contribution in [3.8, 4) is 11.3 Å². The first-order valence-corrected chi connectivity index (χ1v) is 7.49. The number of nitrogens with zero attached hydrogens (tertiary/aromatic N) is 1. The van der Waals surface area contributed by atoms with Gasteiger partial charge in [-0.2, -0.15) is 13.2 Å². The Balaban J connectivity index is 1.90. The molecule has 1 saturated heterocycles. The molecule has 0 spiro atoms. The van der Waals surface area contributed by atoms with Crippen LogP contribution in [0.1, 0.15) is 33.5 Å². The molecule has 0 amide bonds. The summed E-state index contributed by atoms with van der Waals surface area (Å²) in [6, 6.07) is 7.75. The Morgan fingerprint density at radius 3 is 2.17 bits per heavy atom. The third-order valence-electron chi connectivity index (χ3n) is 4.50. The van der Waals surface area contributed by atoms with Crippen LogP contribution < -0.4 is 5.46 Å². The van der Waals surface area contributed by atoms with Gasteiger partial charge in [-0.1, -0.05) is 29.4 Å². The molecule has 1 aromatic heterocycles. The standard InChI is InChI=1S/C16H17BF3NO3/c1-14(2)15(3,4)24-17(23-14)11-7-5-6-10(8-11)12-9-13(22-21-12)16(18,19)20/h5-9H,1-4H3. The van der Waals surface area contributed by atoms with E-state index in [1.807, 2.05) is 27.7 Å². The highest BCUT2D eigenvalue weighted by molar-refractivity contribution is 6.62. The molecule has 8 heteroatoms. The Kier molecular flexibility index (Phi) is 3.80. The molecule has 3 rings (SSSR count). The number of hydrogen-bond acceptors (Lipinski definition) is 4. The van der Waals surface area contributed by atoms with Crippen LogP contribution in [0.5, 0.6) is 0 Å². The fourth-order valence-corrected chi connectivity index (χ4v) is 2.37. The molecule has 1 aliphatic rings. The van der Waals surface area contributed by atoms with Crippen LogP contribution in [-0.2, 0) is 15.5 Å². The van der Waals surface area contributed by atoms with Crippen LogP contribution in [0.2, 0.25) is 0 Å². The fourth-order valence-electron chi connectivity index (χ4n) is 2.37. The van der Waals surface area contributed by atoms with E-state index in [-0.39, 0.29) is 5.69 Å². The second-order valence-electron chi connectivity index (χ2n) is 6.79. The molecule has 0 N–H and O–H groups in total. The minimum Gasteiger partial charge on any atom is -0.399 e. The Morgan fingerprint density at radius 1 is 1.00 bits per heavy atom. The zero-order chi connectivity index (χ0) is 17.8. The highest BCUT2D eigenvalue weighted by Gasteiger charge is 2.51. The third kappa shape index (κ3) is 2.96. The zero-order valence-electron chi connectivity index (χ0n) is 13.8. The van der Waals surface area contributed by atoms with Gasteiger partial charge in [0, 0.05) is 11.6 Å². The van der Waals surface area contributed by atoms with E-state index >= 15 is 0 Å². The van der Waals surface area contributed by atoms with Gasteiger partial charge in [-0.15, -0.1) is 0 Å². The molecule has 2 aromatic rings. The minimum atomic E-state index is -4.56. The lowest BCUT2D eigenvalue weighted by atomic mass is 9.78. The largest absolute Gasteiger partial charge is 0.494 e. The van der Waals surface area contributed by atoms with Crippen molar-refractivity contribution < 1.29 is 27.0 Å². The number of benzene rings is 1. The van der Waals surface area contributed by atoms with Crippen LogP contribution in [-0.4, -0.2) is 23.5 Å². The molecule has 0 unspecified atom stereocenters. The van der Waals surface area contributed by atoms with Crippen molar-refractivity contribution in [3.63, 3.8) is 0 Å². The lowest BCUT2D eigenvalue weighted by Gasteiger charge is -2.32. The molecule has 0 bridgehead atoms. The van der Waals surface area contributed by atoms with Crippen molar-refractivity contribution in [3.05, 3.63) is 36.1 Å². The zero-order valence-corrected chi connectivity index (χ0v) is 13.8. The average Bonchev–Trinajstić information content (AvgIpc) is 3.02. The number of halogens is 3. The van der Waals surface area contributed by atoms with Crippen LogP contribution in [0.4, 0.5) is 13.2 Å². The molecule has 24 heavy (non-hydrogen) atoms. The first kappa shape index (κ1) is 17.0. The topological polar surface area (TPSA) is 44.5 Å². The summed E-state index contributed by atoms with van der Waals surface area (Å²) < 4.78 is 54.2. The van der Waals surface area contributed by atoms with Gasteiger partial charge in [0.2, 0.25) is 5.76 Å². The van der Waals surface area contributed by atoms with Gasteiger partial charge >= 0.3 is 13.3 Å². The number of aromatic nitrogens is 1. The first-order valence-electron chi connectivity index (χ1n) is 7.49. The van der Waals surface area contributed by atoms with Gasteiger partial charge in [-0.3, -0.25) is 0 Å². The maximum absolute atomic E-state index is 12.6. The van der Waals surface area contributed by atoms with Crippen molar-refractivity contribution in [2.24, 2.45) is 0 Å². The van der Waals surface area contributed by atoms with E-state index in [2.05, 4.69) is 9.68 Å². The van der Waals surface area contributed by atoms with E-state index in [4.69, 9.17) is 9.31 Å². The molecule has 128 valence electrons. The van der Waals surface area contributed by atoms with Gasteiger partial charge in [0.05, 0.1) is 11.2 Å². The lowest BCUT2D eigenvalue weighted by Crippen LogP contribution is -2.41. The van der Waals surface area contributed by atoms with Crippen LogP contribution in [0.3, 0.4) is 0 Å². The summed E-state index contributed by atoms with van der Waals surface area (Å²) in [6.45, 7) is 7.74. The Morgan fingerprint density at radius 2 is 1.62 bits per heavy atom. The number of hydrogen-bond donors (Lipinski definition) is 0. The van der Waals surface area contributed by atoms with E-state index in [0.29, 0.717) is 11.0 Å². The second-order valence-corrected chi connectivity index (χ2v) is 6.79. The van der Waals surface area contributed by atoms with Crippen molar-refractivity contribution in [1.29, 1.82) is 0 Å². The van der Waals surface area contributed by atoms with Crippen molar-refractivity contribution in [2.75, 3.05) is 0 Å². The molecule has 2 heterocycles. The molecule has 1 aliphatic heterocycles. The minimum absolute atomic E-state index is 0.112. The van der Waals surface area contributed by atoms with Crippen molar-refractivity contribution >= 4 is 12.6 Å². The third-order valence-corrected chi connectivity index (χ3v) is 4.50. The number of rotatable bonds is 2. The molecule has 1 aromatic carbocycles.